The maximum Gasteiger partial charge on any atom is 0.223 e. The standard InChI is InChI=1S/C15H26N2O2/c1-5-8-17-9-6-12(7-10-17)14(19)16-11-13(18)15(2,3)4/h1,12-13,18H,6-11H2,2-4H3,(H,16,19). The number of piperidine rings is 1. The third kappa shape index (κ3) is 5.22. The molecule has 0 aliphatic carbocycles. The fraction of sp³-hybridized carbons (Fsp3) is 0.800. The van der Waals surface area contributed by atoms with Gasteiger partial charge in [-0.15, -0.1) is 6.42 Å². The number of hydrogen-bond acceptors (Lipinski definition) is 3. The van der Waals surface area contributed by atoms with Crippen molar-refractivity contribution in [2.45, 2.75) is 39.7 Å². The van der Waals surface area contributed by atoms with Gasteiger partial charge < -0.3 is 10.4 Å². The molecule has 0 aromatic carbocycles. The predicted octanol–water partition coefficient (Wildman–Crippen LogP) is 0.855. The minimum Gasteiger partial charge on any atom is -0.391 e. The average Bonchev–Trinajstić information content (AvgIpc) is 2.35. The quantitative estimate of drug-likeness (QED) is 0.742. The highest BCUT2D eigenvalue weighted by atomic mass is 16.3. The fourth-order valence-corrected chi connectivity index (χ4v) is 2.13. The second-order valence-electron chi connectivity index (χ2n) is 6.38. The molecule has 0 radical (unpaired) electrons. The Bertz CT molecular complexity index is 333. The van der Waals surface area contributed by atoms with E-state index in [4.69, 9.17) is 6.42 Å². The molecule has 0 aromatic heterocycles. The lowest BCUT2D eigenvalue weighted by Gasteiger charge is -2.31. The van der Waals surface area contributed by atoms with Gasteiger partial charge in [0, 0.05) is 12.5 Å². The molecule has 1 rings (SSSR count). The topological polar surface area (TPSA) is 52.6 Å². The maximum atomic E-state index is 12.0. The first kappa shape index (κ1) is 16.0. The number of amides is 1. The van der Waals surface area contributed by atoms with E-state index in [9.17, 15) is 9.90 Å². The van der Waals surface area contributed by atoms with E-state index in [1.165, 1.54) is 0 Å². The van der Waals surface area contributed by atoms with Crippen LogP contribution in [0.15, 0.2) is 0 Å². The number of carbonyl (C=O) groups is 1. The molecule has 1 atom stereocenters. The Morgan fingerprint density at radius 1 is 1.47 bits per heavy atom. The van der Waals surface area contributed by atoms with Crippen molar-refractivity contribution in [2.24, 2.45) is 11.3 Å². The Labute approximate surface area is 116 Å². The Balaban J connectivity index is 2.30. The monoisotopic (exact) mass is 266 g/mol. The summed E-state index contributed by atoms with van der Waals surface area (Å²) in [6.45, 7) is 8.63. The summed E-state index contributed by atoms with van der Waals surface area (Å²) in [5.41, 5.74) is -0.205. The molecule has 4 heteroatoms. The van der Waals surface area contributed by atoms with Crippen LogP contribution < -0.4 is 5.32 Å². The van der Waals surface area contributed by atoms with Gasteiger partial charge in [-0.2, -0.15) is 0 Å². The molecule has 1 fully saturated rings. The lowest BCUT2D eigenvalue weighted by atomic mass is 9.89. The maximum absolute atomic E-state index is 12.0. The Hall–Kier alpha value is -1.05. The van der Waals surface area contributed by atoms with E-state index in [1.807, 2.05) is 20.8 Å². The number of rotatable bonds is 4. The van der Waals surface area contributed by atoms with Gasteiger partial charge in [-0.25, -0.2) is 0 Å². The summed E-state index contributed by atoms with van der Waals surface area (Å²) in [7, 11) is 0. The number of carbonyl (C=O) groups excluding carboxylic acids is 1. The van der Waals surface area contributed by atoms with E-state index in [1.54, 1.807) is 0 Å². The van der Waals surface area contributed by atoms with Crippen LogP contribution in [0.25, 0.3) is 0 Å². The van der Waals surface area contributed by atoms with E-state index < -0.39 is 6.10 Å². The number of hydrogen-bond donors (Lipinski definition) is 2. The molecule has 1 saturated heterocycles. The molecule has 1 aliphatic heterocycles. The van der Waals surface area contributed by atoms with E-state index in [0.717, 1.165) is 25.9 Å². The van der Waals surface area contributed by atoms with Gasteiger partial charge in [0.15, 0.2) is 0 Å². The van der Waals surface area contributed by atoms with Crippen LogP contribution in [-0.4, -0.2) is 48.2 Å². The van der Waals surface area contributed by atoms with Gasteiger partial charge in [0.25, 0.3) is 0 Å². The summed E-state index contributed by atoms with van der Waals surface area (Å²) in [6.07, 6.45) is 6.45. The number of nitrogens with zero attached hydrogens (tertiary/aromatic N) is 1. The molecular weight excluding hydrogens is 240 g/mol. The molecular formula is C15H26N2O2. The van der Waals surface area contributed by atoms with E-state index in [-0.39, 0.29) is 17.2 Å². The normalized spacial score (nSPS) is 19.7. The number of likely N-dealkylation sites (tertiary alicyclic amines) is 1. The molecule has 19 heavy (non-hydrogen) atoms. The molecule has 4 nitrogen and oxygen atoms in total. The molecule has 2 N–H and O–H groups in total. The van der Waals surface area contributed by atoms with Gasteiger partial charge in [0.05, 0.1) is 12.6 Å². The summed E-state index contributed by atoms with van der Waals surface area (Å²) in [5, 5.41) is 12.8. The highest BCUT2D eigenvalue weighted by molar-refractivity contribution is 5.78. The van der Waals surface area contributed by atoms with Crippen LogP contribution in [0.2, 0.25) is 0 Å². The molecule has 0 aromatic rings. The van der Waals surface area contributed by atoms with Crippen LogP contribution in [0.5, 0.6) is 0 Å². The SMILES string of the molecule is C#CCN1CCC(C(=O)NCC(O)C(C)(C)C)CC1. The molecule has 1 amide bonds. The van der Waals surface area contributed by atoms with Crippen LogP contribution in [-0.2, 0) is 4.79 Å². The van der Waals surface area contributed by atoms with Crippen LogP contribution in [0, 0.1) is 23.7 Å². The van der Waals surface area contributed by atoms with Gasteiger partial charge in [0.2, 0.25) is 5.91 Å². The molecule has 1 heterocycles. The van der Waals surface area contributed by atoms with Crippen molar-refractivity contribution < 1.29 is 9.90 Å². The molecule has 0 saturated carbocycles. The van der Waals surface area contributed by atoms with Crippen molar-refractivity contribution in [2.75, 3.05) is 26.2 Å². The minimum absolute atomic E-state index is 0.0567. The molecule has 108 valence electrons. The van der Waals surface area contributed by atoms with Crippen LogP contribution in [0.4, 0.5) is 0 Å². The Kier molecular flexibility index (Phi) is 5.84. The van der Waals surface area contributed by atoms with E-state index in [0.29, 0.717) is 13.1 Å². The van der Waals surface area contributed by atoms with Crippen molar-refractivity contribution in [3.05, 3.63) is 0 Å². The van der Waals surface area contributed by atoms with Crippen LogP contribution in [0.3, 0.4) is 0 Å². The van der Waals surface area contributed by atoms with E-state index >= 15 is 0 Å². The average molecular weight is 266 g/mol. The zero-order chi connectivity index (χ0) is 14.5. The molecule has 1 unspecified atom stereocenters. The van der Waals surface area contributed by atoms with Crippen LogP contribution in [0.1, 0.15) is 33.6 Å². The molecule has 0 bridgehead atoms. The molecule has 1 aliphatic rings. The van der Waals surface area contributed by atoms with Crippen molar-refractivity contribution in [3.8, 4) is 12.3 Å². The second-order valence-corrected chi connectivity index (χ2v) is 6.38. The molecule has 0 spiro atoms. The minimum atomic E-state index is -0.516. The predicted molar refractivity (Wildman–Crippen MR) is 76.5 cm³/mol. The zero-order valence-corrected chi connectivity index (χ0v) is 12.3. The first-order valence-corrected chi connectivity index (χ1v) is 6.96. The summed E-state index contributed by atoms with van der Waals surface area (Å²) in [4.78, 5) is 14.2. The summed E-state index contributed by atoms with van der Waals surface area (Å²) in [5.74, 6) is 2.75. The van der Waals surface area contributed by atoms with Gasteiger partial charge >= 0.3 is 0 Å². The number of nitrogens with one attached hydrogen (secondary N) is 1. The zero-order valence-electron chi connectivity index (χ0n) is 12.3. The largest absolute Gasteiger partial charge is 0.391 e. The summed E-state index contributed by atoms with van der Waals surface area (Å²) >= 11 is 0. The van der Waals surface area contributed by atoms with E-state index in [2.05, 4.69) is 16.1 Å². The van der Waals surface area contributed by atoms with Gasteiger partial charge in [0.1, 0.15) is 0 Å². The second kappa shape index (κ2) is 6.93. The van der Waals surface area contributed by atoms with Gasteiger partial charge in [-0.05, 0) is 31.3 Å². The van der Waals surface area contributed by atoms with Crippen molar-refractivity contribution >= 4 is 5.91 Å². The third-order valence-electron chi connectivity index (χ3n) is 3.74. The van der Waals surface area contributed by atoms with Crippen LogP contribution >= 0.6 is 0 Å². The first-order valence-electron chi connectivity index (χ1n) is 6.96. The number of aliphatic hydroxyl groups is 1. The van der Waals surface area contributed by atoms with Crippen molar-refractivity contribution in [1.29, 1.82) is 0 Å². The van der Waals surface area contributed by atoms with Gasteiger partial charge in [-0.3, -0.25) is 9.69 Å². The smallest absolute Gasteiger partial charge is 0.223 e. The fourth-order valence-electron chi connectivity index (χ4n) is 2.13. The Morgan fingerprint density at radius 3 is 2.53 bits per heavy atom. The lowest BCUT2D eigenvalue weighted by molar-refractivity contribution is -0.127. The number of terminal acetylenes is 1. The lowest BCUT2D eigenvalue weighted by Crippen LogP contribution is -2.44. The highest BCUT2D eigenvalue weighted by Gasteiger charge is 2.27. The Morgan fingerprint density at radius 2 is 2.05 bits per heavy atom. The highest BCUT2D eigenvalue weighted by Crippen LogP contribution is 2.19. The van der Waals surface area contributed by atoms with Gasteiger partial charge in [-0.1, -0.05) is 26.7 Å². The number of aliphatic hydroxyl groups excluding tert-OH is 1. The van der Waals surface area contributed by atoms with Crippen molar-refractivity contribution in [3.63, 3.8) is 0 Å². The first-order chi connectivity index (χ1) is 8.84. The van der Waals surface area contributed by atoms with Crippen molar-refractivity contribution in [1.82, 2.24) is 10.2 Å². The summed E-state index contributed by atoms with van der Waals surface area (Å²) < 4.78 is 0. The summed E-state index contributed by atoms with van der Waals surface area (Å²) in [6, 6.07) is 0. The third-order valence-corrected chi connectivity index (χ3v) is 3.74.